The molecule has 2 heterocycles. The van der Waals surface area contributed by atoms with Crippen LogP contribution in [0.2, 0.25) is 0 Å². The van der Waals surface area contributed by atoms with Crippen LogP contribution in [-0.4, -0.2) is 30.3 Å². The van der Waals surface area contributed by atoms with Crippen LogP contribution in [0.25, 0.3) is 0 Å². The summed E-state index contributed by atoms with van der Waals surface area (Å²) in [4.78, 5) is 29.4. The summed E-state index contributed by atoms with van der Waals surface area (Å²) in [6, 6.07) is 5.98. The first-order valence-corrected chi connectivity index (χ1v) is 11.2. The highest BCUT2D eigenvalue weighted by Crippen LogP contribution is 2.56. The molecule has 5 rings (SSSR count). The lowest BCUT2D eigenvalue weighted by Gasteiger charge is -2.25. The van der Waals surface area contributed by atoms with Crippen molar-refractivity contribution in [2.24, 2.45) is 25.9 Å². The molecule has 2 aliphatic carbocycles. The molecule has 3 aromatic rings. The van der Waals surface area contributed by atoms with Crippen molar-refractivity contribution >= 4 is 11.6 Å². The predicted octanol–water partition coefficient (Wildman–Crippen LogP) is 2.94. The molecule has 2 aromatic heterocycles. The molecule has 3 N–H and O–H groups in total. The Morgan fingerprint density at radius 2 is 1.94 bits per heavy atom. The number of carbonyl (C=O) groups is 1. The largest absolute Gasteiger partial charge is 0.384 e. The average molecular weight is 454 g/mol. The number of imidazole rings is 1. The summed E-state index contributed by atoms with van der Waals surface area (Å²) in [7, 11) is 3.54. The summed E-state index contributed by atoms with van der Waals surface area (Å²) in [5.74, 6) is 0.125. The summed E-state index contributed by atoms with van der Waals surface area (Å²) in [6.07, 6.45) is 4.49. The third-order valence-electron chi connectivity index (χ3n) is 7.41. The Labute approximate surface area is 190 Å². The number of benzene rings is 1. The quantitative estimate of drug-likeness (QED) is 0.565. The molecular formula is C24H28FN5O3. The van der Waals surface area contributed by atoms with E-state index < -0.39 is 5.60 Å². The van der Waals surface area contributed by atoms with E-state index in [9.17, 15) is 19.1 Å². The highest BCUT2D eigenvalue weighted by molar-refractivity contribution is 6.04. The number of nitrogens with one attached hydrogen (secondary N) is 2. The fourth-order valence-electron chi connectivity index (χ4n) is 5.96. The lowest BCUT2D eigenvalue weighted by molar-refractivity contribution is 0.0263. The van der Waals surface area contributed by atoms with Crippen LogP contribution in [0.3, 0.4) is 0 Å². The number of amides is 1. The van der Waals surface area contributed by atoms with E-state index in [0.29, 0.717) is 47.3 Å². The second-order valence-corrected chi connectivity index (χ2v) is 9.70. The molecule has 0 aliphatic heterocycles. The van der Waals surface area contributed by atoms with E-state index in [1.807, 2.05) is 0 Å². The Morgan fingerprint density at radius 1 is 1.24 bits per heavy atom. The van der Waals surface area contributed by atoms with Crippen LogP contribution in [0.5, 0.6) is 0 Å². The zero-order valence-electron chi connectivity index (χ0n) is 18.9. The highest BCUT2D eigenvalue weighted by Gasteiger charge is 2.51. The van der Waals surface area contributed by atoms with Crippen LogP contribution >= 0.6 is 0 Å². The molecular weight excluding hydrogens is 425 g/mol. The Bertz CT molecular complexity index is 1280. The number of aromatic nitrogens is 4. The number of H-pyrrole nitrogens is 1. The standard InChI is InChI=1S/C24H28FN5O3/c1-13-6-17(4-5-18(13)25)27-23(32)22-21(26-12-29(22)2)14-7-15-10-24(33,11-16(15)8-14)19-9-20(31)28-30(19)3/h4-6,9,12,14-16,33H,7-8,10-11H2,1-3H3,(H,27,32)(H,28,31). The van der Waals surface area contributed by atoms with Gasteiger partial charge in [-0.3, -0.25) is 19.4 Å². The molecule has 8 nitrogen and oxygen atoms in total. The van der Waals surface area contributed by atoms with Crippen LogP contribution in [0.4, 0.5) is 10.1 Å². The summed E-state index contributed by atoms with van der Waals surface area (Å²) in [5.41, 5.74) is 1.68. The van der Waals surface area contributed by atoms with Crippen molar-refractivity contribution in [1.29, 1.82) is 0 Å². The molecule has 2 fully saturated rings. The van der Waals surface area contributed by atoms with E-state index in [4.69, 9.17) is 0 Å². The Hall–Kier alpha value is -3.20. The SMILES string of the molecule is Cc1cc(NC(=O)c2c(C3CC4CC(O)(c5cc(=O)[nH]n5C)CC4C3)ncn2C)ccc1F. The maximum atomic E-state index is 13.6. The smallest absolute Gasteiger partial charge is 0.274 e. The van der Waals surface area contributed by atoms with Gasteiger partial charge in [0.15, 0.2) is 0 Å². The number of aliphatic hydroxyl groups is 1. The number of rotatable bonds is 4. The van der Waals surface area contributed by atoms with Crippen LogP contribution in [0, 0.1) is 24.6 Å². The monoisotopic (exact) mass is 453 g/mol. The maximum absolute atomic E-state index is 13.6. The molecule has 1 amide bonds. The number of aromatic amines is 1. The van der Waals surface area contributed by atoms with Crippen LogP contribution in [-0.2, 0) is 19.7 Å². The number of hydrogen-bond acceptors (Lipinski definition) is 4. The minimum atomic E-state index is -1.01. The van der Waals surface area contributed by atoms with Gasteiger partial charge >= 0.3 is 0 Å². The summed E-state index contributed by atoms with van der Waals surface area (Å²) in [5, 5.41) is 16.8. The molecule has 2 saturated carbocycles. The van der Waals surface area contributed by atoms with E-state index in [1.165, 1.54) is 12.1 Å². The van der Waals surface area contributed by atoms with Crippen molar-refractivity contribution in [3.8, 4) is 0 Å². The Kier molecular flexibility index (Phi) is 5.04. The van der Waals surface area contributed by atoms with Gasteiger partial charge in [-0.05, 0) is 68.2 Å². The zero-order chi connectivity index (χ0) is 23.5. The minimum absolute atomic E-state index is 0.122. The molecule has 2 aliphatic rings. The van der Waals surface area contributed by atoms with Gasteiger partial charge in [-0.2, -0.15) is 0 Å². The van der Waals surface area contributed by atoms with Crippen molar-refractivity contribution < 1.29 is 14.3 Å². The molecule has 2 unspecified atom stereocenters. The first-order valence-electron chi connectivity index (χ1n) is 11.2. The molecule has 174 valence electrons. The molecule has 9 heteroatoms. The third kappa shape index (κ3) is 3.70. The number of halogens is 1. The van der Waals surface area contributed by atoms with Crippen molar-refractivity contribution in [2.75, 3.05) is 5.32 Å². The number of carbonyl (C=O) groups excluding carboxylic acids is 1. The van der Waals surface area contributed by atoms with Gasteiger partial charge in [0.1, 0.15) is 17.1 Å². The van der Waals surface area contributed by atoms with Crippen LogP contribution in [0.1, 0.15) is 59.0 Å². The predicted molar refractivity (Wildman–Crippen MR) is 120 cm³/mol. The van der Waals surface area contributed by atoms with Gasteiger partial charge in [0.25, 0.3) is 11.5 Å². The van der Waals surface area contributed by atoms with Gasteiger partial charge in [0.2, 0.25) is 0 Å². The van der Waals surface area contributed by atoms with Gasteiger partial charge in [0.05, 0.1) is 17.7 Å². The van der Waals surface area contributed by atoms with E-state index in [-0.39, 0.29) is 23.2 Å². The van der Waals surface area contributed by atoms with Gasteiger partial charge in [-0.1, -0.05) is 0 Å². The van der Waals surface area contributed by atoms with E-state index in [1.54, 1.807) is 48.7 Å². The normalized spacial score (nSPS) is 26.5. The maximum Gasteiger partial charge on any atom is 0.274 e. The second kappa shape index (κ2) is 7.69. The molecule has 0 bridgehead atoms. The molecule has 0 spiro atoms. The Morgan fingerprint density at radius 3 is 2.55 bits per heavy atom. The van der Waals surface area contributed by atoms with Gasteiger partial charge in [-0.15, -0.1) is 0 Å². The van der Waals surface area contributed by atoms with Crippen molar-refractivity contribution in [2.45, 2.75) is 44.1 Å². The van der Waals surface area contributed by atoms with Crippen LogP contribution in [0.15, 0.2) is 35.4 Å². The minimum Gasteiger partial charge on any atom is -0.384 e. The van der Waals surface area contributed by atoms with Crippen molar-refractivity contribution in [3.63, 3.8) is 0 Å². The summed E-state index contributed by atoms with van der Waals surface area (Å²) in [6.45, 7) is 1.66. The lowest BCUT2D eigenvalue weighted by Crippen LogP contribution is -2.26. The zero-order valence-corrected chi connectivity index (χ0v) is 18.9. The topological polar surface area (TPSA) is 105 Å². The highest BCUT2D eigenvalue weighted by atomic mass is 19.1. The van der Waals surface area contributed by atoms with E-state index in [0.717, 1.165) is 18.5 Å². The summed E-state index contributed by atoms with van der Waals surface area (Å²) >= 11 is 0. The third-order valence-corrected chi connectivity index (χ3v) is 7.41. The second-order valence-electron chi connectivity index (χ2n) is 9.70. The summed E-state index contributed by atoms with van der Waals surface area (Å²) < 4.78 is 16.9. The van der Waals surface area contributed by atoms with E-state index >= 15 is 0 Å². The molecule has 1 aromatic carbocycles. The number of fused-ring (bicyclic) bond motifs is 1. The molecule has 33 heavy (non-hydrogen) atoms. The van der Waals surface area contributed by atoms with Crippen molar-refractivity contribution in [1.82, 2.24) is 19.3 Å². The Balaban J connectivity index is 1.33. The fraction of sp³-hybridized carbons (Fsp3) is 0.458. The number of nitrogens with zero attached hydrogens (tertiary/aromatic N) is 3. The fourth-order valence-corrected chi connectivity index (χ4v) is 5.96. The van der Waals surface area contributed by atoms with Crippen LogP contribution < -0.4 is 10.9 Å². The number of hydrogen-bond donors (Lipinski definition) is 3. The molecule has 2 atom stereocenters. The molecule has 0 saturated heterocycles. The molecule has 0 radical (unpaired) electrons. The lowest BCUT2D eigenvalue weighted by atomic mass is 9.90. The first kappa shape index (κ1) is 21.6. The first-order chi connectivity index (χ1) is 15.6. The number of anilines is 1. The van der Waals surface area contributed by atoms with Crippen molar-refractivity contribution in [3.05, 3.63) is 69.4 Å². The average Bonchev–Trinajstić information content (AvgIpc) is 3.46. The van der Waals surface area contributed by atoms with Gasteiger partial charge < -0.3 is 15.0 Å². The number of aryl methyl sites for hydroxylation is 3. The van der Waals surface area contributed by atoms with E-state index in [2.05, 4.69) is 15.4 Å². The van der Waals surface area contributed by atoms with Gasteiger partial charge in [0, 0.05) is 31.8 Å². The van der Waals surface area contributed by atoms with Gasteiger partial charge in [-0.25, -0.2) is 9.37 Å².